The molecule has 2 aromatic rings. The first-order valence-electron chi connectivity index (χ1n) is 8.49. The van der Waals surface area contributed by atoms with E-state index < -0.39 is 0 Å². The van der Waals surface area contributed by atoms with Gasteiger partial charge in [0.1, 0.15) is 5.82 Å². The number of nitrogens with zero attached hydrogens (tertiary/aromatic N) is 7. The van der Waals surface area contributed by atoms with Crippen molar-refractivity contribution in [3.05, 3.63) is 30.2 Å². The van der Waals surface area contributed by atoms with Crippen molar-refractivity contribution in [2.45, 2.75) is 19.0 Å². The Labute approximate surface area is 148 Å². The molecule has 0 amide bonds. The minimum atomic E-state index is 0.395. The van der Waals surface area contributed by atoms with Crippen LogP contribution in [0, 0.1) is 0 Å². The molecule has 1 fully saturated rings. The number of likely N-dealkylation sites (tertiary alicyclic amines) is 1. The van der Waals surface area contributed by atoms with Gasteiger partial charge in [-0.1, -0.05) is 0 Å². The number of hydrogen-bond acceptors (Lipinski definition) is 8. The Balaban J connectivity index is 1.54. The van der Waals surface area contributed by atoms with Crippen molar-refractivity contribution in [2.75, 3.05) is 56.4 Å². The fourth-order valence-electron chi connectivity index (χ4n) is 2.87. The highest BCUT2D eigenvalue weighted by atomic mass is 15.2. The van der Waals surface area contributed by atoms with Gasteiger partial charge >= 0.3 is 0 Å². The molecule has 0 aromatic carbocycles. The topological polar surface area (TPSA) is 73.3 Å². The number of nitrogens with one attached hydrogen (secondary N) is 1. The van der Waals surface area contributed by atoms with E-state index in [1.807, 2.05) is 56.5 Å². The average Bonchev–Trinajstić information content (AvgIpc) is 3.02. The number of anilines is 3. The summed E-state index contributed by atoms with van der Waals surface area (Å²) in [7, 11) is 7.78. The highest BCUT2D eigenvalue weighted by molar-refractivity contribution is 5.41. The van der Waals surface area contributed by atoms with E-state index in [1.165, 1.54) is 0 Å². The number of rotatable bonds is 6. The quantitative estimate of drug-likeness (QED) is 0.836. The first kappa shape index (κ1) is 17.3. The summed E-state index contributed by atoms with van der Waals surface area (Å²) in [5, 5.41) is 3.52. The Hall–Kier alpha value is -2.48. The molecule has 0 aliphatic carbocycles. The Bertz CT molecular complexity index is 685. The van der Waals surface area contributed by atoms with Crippen molar-refractivity contribution < 1.29 is 0 Å². The van der Waals surface area contributed by atoms with Gasteiger partial charge in [-0.05, 0) is 12.5 Å². The molecule has 3 rings (SSSR count). The molecule has 8 nitrogen and oxygen atoms in total. The van der Waals surface area contributed by atoms with Crippen LogP contribution in [-0.2, 0) is 6.54 Å². The molecular weight excluding hydrogens is 316 g/mol. The molecule has 1 aliphatic heterocycles. The largest absolute Gasteiger partial charge is 0.366 e. The molecule has 1 unspecified atom stereocenters. The Morgan fingerprint density at radius 3 is 2.48 bits per heavy atom. The zero-order valence-corrected chi connectivity index (χ0v) is 15.3. The molecule has 0 spiro atoms. The van der Waals surface area contributed by atoms with Crippen molar-refractivity contribution in [2.24, 2.45) is 0 Å². The van der Waals surface area contributed by atoms with Crippen LogP contribution in [0.3, 0.4) is 0 Å². The summed E-state index contributed by atoms with van der Waals surface area (Å²) >= 11 is 0. The molecule has 3 heterocycles. The molecule has 0 radical (unpaired) electrons. The highest BCUT2D eigenvalue weighted by Crippen LogP contribution is 2.17. The smallest absolute Gasteiger partial charge is 0.226 e. The van der Waals surface area contributed by atoms with Crippen molar-refractivity contribution in [1.29, 1.82) is 0 Å². The summed E-state index contributed by atoms with van der Waals surface area (Å²) in [5.74, 6) is 2.34. The SMILES string of the molecule is CN(C)c1ncc(CN2CCC(Nc3ccnc(N(C)C)n3)C2)cn1. The zero-order valence-electron chi connectivity index (χ0n) is 15.3. The van der Waals surface area contributed by atoms with E-state index in [0.29, 0.717) is 6.04 Å². The molecule has 134 valence electrons. The molecule has 0 bridgehead atoms. The van der Waals surface area contributed by atoms with Crippen molar-refractivity contribution in [1.82, 2.24) is 24.8 Å². The van der Waals surface area contributed by atoms with Crippen LogP contribution < -0.4 is 15.1 Å². The second kappa shape index (κ2) is 7.60. The number of hydrogen-bond donors (Lipinski definition) is 1. The summed E-state index contributed by atoms with van der Waals surface area (Å²) < 4.78 is 0. The lowest BCUT2D eigenvalue weighted by atomic mass is 10.2. The van der Waals surface area contributed by atoms with Gasteiger partial charge in [0, 0.05) is 78.0 Å². The normalized spacial score (nSPS) is 17.5. The minimum absolute atomic E-state index is 0.395. The van der Waals surface area contributed by atoms with E-state index >= 15 is 0 Å². The molecule has 1 atom stereocenters. The lowest BCUT2D eigenvalue weighted by Gasteiger charge is -2.18. The first-order valence-corrected chi connectivity index (χ1v) is 8.49. The van der Waals surface area contributed by atoms with Gasteiger partial charge in [-0.15, -0.1) is 0 Å². The zero-order chi connectivity index (χ0) is 17.8. The molecular formula is C17H26N8. The van der Waals surface area contributed by atoms with Crippen LogP contribution >= 0.6 is 0 Å². The molecule has 2 aromatic heterocycles. The van der Waals surface area contributed by atoms with Crippen LogP contribution in [0.1, 0.15) is 12.0 Å². The Morgan fingerprint density at radius 1 is 1.08 bits per heavy atom. The van der Waals surface area contributed by atoms with E-state index in [1.54, 1.807) is 6.20 Å². The standard InChI is InChI=1S/C17H26N8/c1-23(2)16-19-9-13(10-20-16)11-25-8-6-14(12-25)21-15-5-7-18-17(22-15)24(3)4/h5,7,9-10,14H,6,8,11-12H2,1-4H3,(H,18,21,22). The summed E-state index contributed by atoms with van der Waals surface area (Å²) in [6.07, 6.45) is 6.71. The number of aromatic nitrogens is 4. The second-order valence-corrected chi connectivity index (χ2v) is 6.79. The summed E-state index contributed by atoms with van der Waals surface area (Å²) in [6.45, 7) is 2.91. The van der Waals surface area contributed by atoms with Crippen molar-refractivity contribution in [3.8, 4) is 0 Å². The van der Waals surface area contributed by atoms with Gasteiger partial charge in [0.05, 0.1) is 0 Å². The summed E-state index contributed by atoms with van der Waals surface area (Å²) in [4.78, 5) is 23.8. The average molecular weight is 342 g/mol. The summed E-state index contributed by atoms with van der Waals surface area (Å²) in [5.41, 5.74) is 1.14. The van der Waals surface area contributed by atoms with Gasteiger partial charge in [0.15, 0.2) is 0 Å². The second-order valence-electron chi connectivity index (χ2n) is 6.79. The van der Waals surface area contributed by atoms with Crippen molar-refractivity contribution >= 4 is 17.7 Å². The third-order valence-corrected chi connectivity index (χ3v) is 4.17. The monoisotopic (exact) mass is 342 g/mol. The van der Waals surface area contributed by atoms with Gasteiger partial charge in [0.25, 0.3) is 0 Å². The maximum absolute atomic E-state index is 4.53. The van der Waals surface area contributed by atoms with Crippen LogP contribution in [-0.4, -0.2) is 72.2 Å². The van der Waals surface area contributed by atoms with E-state index in [0.717, 1.165) is 49.3 Å². The van der Waals surface area contributed by atoms with E-state index in [-0.39, 0.29) is 0 Å². The third-order valence-electron chi connectivity index (χ3n) is 4.17. The fourth-order valence-corrected chi connectivity index (χ4v) is 2.87. The first-order chi connectivity index (χ1) is 12.0. The maximum atomic E-state index is 4.53. The van der Waals surface area contributed by atoms with E-state index in [2.05, 4.69) is 30.2 Å². The Kier molecular flexibility index (Phi) is 5.28. The van der Waals surface area contributed by atoms with Gasteiger partial charge in [-0.3, -0.25) is 4.90 Å². The Morgan fingerprint density at radius 2 is 1.80 bits per heavy atom. The molecule has 1 N–H and O–H groups in total. The van der Waals surface area contributed by atoms with E-state index in [4.69, 9.17) is 0 Å². The van der Waals surface area contributed by atoms with Crippen LogP contribution in [0.25, 0.3) is 0 Å². The van der Waals surface area contributed by atoms with Crippen molar-refractivity contribution in [3.63, 3.8) is 0 Å². The lowest BCUT2D eigenvalue weighted by molar-refractivity contribution is 0.328. The highest BCUT2D eigenvalue weighted by Gasteiger charge is 2.23. The molecule has 25 heavy (non-hydrogen) atoms. The third kappa shape index (κ3) is 4.54. The maximum Gasteiger partial charge on any atom is 0.226 e. The van der Waals surface area contributed by atoms with Gasteiger partial charge in [0.2, 0.25) is 11.9 Å². The minimum Gasteiger partial charge on any atom is -0.366 e. The predicted octanol–water partition coefficient (Wildman–Crippen LogP) is 1.08. The lowest BCUT2D eigenvalue weighted by Crippen LogP contribution is -2.26. The molecule has 0 saturated carbocycles. The van der Waals surface area contributed by atoms with E-state index in [9.17, 15) is 0 Å². The summed E-state index contributed by atoms with van der Waals surface area (Å²) in [6, 6.07) is 2.32. The van der Waals surface area contributed by atoms with Crippen LogP contribution in [0.2, 0.25) is 0 Å². The van der Waals surface area contributed by atoms with Gasteiger partial charge in [-0.25, -0.2) is 15.0 Å². The molecule has 1 saturated heterocycles. The van der Waals surface area contributed by atoms with Gasteiger partial charge < -0.3 is 15.1 Å². The fraction of sp³-hybridized carbons (Fsp3) is 0.529. The molecule has 1 aliphatic rings. The van der Waals surface area contributed by atoms with Crippen LogP contribution in [0.5, 0.6) is 0 Å². The molecule has 8 heteroatoms. The van der Waals surface area contributed by atoms with Crippen LogP contribution in [0.15, 0.2) is 24.7 Å². The predicted molar refractivity (Wildman–Crippen MR) is 100 cm³/mol. The van der Waals surface area contributed by atoms with Gasteiger partial charge in [-0.2, -0.15) is 4.98 Å². The van der Waals surface area contributed by atoms with Crippen LogP contribution in [0.4, 0.5) is 17.7 Å².